The number of ether oxygens (including phenoxy) is 1. The van der Waals surface area contributed by atoms with E-state index >= 15 is 0 Å². The van der Waals surface area contributed by atoms with Crippen LogP contribution in [0.4, 0.5) is 0 Å². The first-order valence-corrected chi connectivity index (χ1v) is 8.32. The number of thiocarbonyl (C=S) groups is 1. The molecule has 0 heterocycles. The molecule has 0 aromatic heterocycles. The molecule has 2 aromatic carbocycles. The van der Waals surface area contributed by atoms with E-state index in [-0.39, 0.29) is 10.6 Å². The third-order valence-electron chi connectivity index (χ3n) is 4.08. The highest BCUT2D eigenvalue weighted by atomic mass is 32.1. The molecule has 0 saturated heterocycles. The van der Waals surface area contributed by atoms with Gasteiger partial charge in [0.2, 0.25) is 5.05 Å². The van der Waals surface area contributed by atoms with Gasteiger partial charge in [-0.15, -0.1) is 0 Å². The Kier molecular flexibility index (Phi) is 6.33. The van der Waals surface area contributed by atoms with Gasteiger partial charge in [-0.1, -0.05) is 42.3 Å². The molecule has 0 radical (unpaired) electrons. The molecule has 3 nitrogen and oxygen atoms in total. The van der Waals surface area contributed by atoms with E-state index in [4.69, 9.17) is 9.84 Å². The van der Waals surface area contributed by atoms with Crippen LogP contribution < -0.4 is 0 Å². The largest absolute Gasteiger partial charge is 0.493 e. The molecule has 0 aliphatic rings. The van der Waals surface area contributed by atoms with Crippen molar-refractivity contribution in [1.29, 1.82) is 0 Å². The van der Waals surface area contributed by atoms with Gasteiger partial charge in [0.05, 0.1) is 18.8 Å². The molecule has 24 heavy (non-hydrogen) atoms. The maximum atomic E-state index is 9.03. The number of benzene rings is 2. The fourth-order valence-electron chi connectivity index (χ4n) is 2.30. The number of nitrogens with zero attached hydrogens (tertiary/aromatic N) is 1. The van der Waals surface area contributed by atoms with Crippen LogP contribution in [0.2, 0.25) is 0 Å². The van der Waals surface area contributed by atoms with E-state index in [1.807, 2.05) is 33.0 Å². The van der Waals surface area contributed by atoms with Gasteiger partial charge in [-0.2, -0.15) is 0 Å². The minimum atomic E-state index is -0.376. The third-order valence-corrected chi connectivity index (χ3v) is 4.19. The Balaban J connectivity index is 1.83. The SMILES string of the molecule is CN(CCOCc1ccc2ccccc2c1)C(C)(C)C#CC(O)=S. The summed E-state index contributed by atoms with van der Waals surface area (Å²) in [5.74, 6) is 5.52. The van der Waals surface area contributed by atoms with Crippen LogP contribution in [-0.4, -0.2) is 40.8 Å². The molecular formula is C20H23NO2S. The fourth-order valence-corrected chi connectivity index (χ4v) is 2.35. The zero-order valence-corrected chi connectivity index (χ0v) is 15.2. The summed E-state index contributed by atoms with van der Waals surface area (Å²) in [5, 5.41) is 11.2. The summed E-state index contributed by atoms with van der Waals surface area (Å²) in [4.78, 5) is 2.08. The standard InChI is InChI=1S/C20H23NO2S/c1-20(2,11-10-19(22)24)21(3)12-13-23-15-16-8-9-17-6-4-5-7-18(17)14-16/h4-9,14H,12-13,15H2,1-3H3,(H,22,24). The van der Waals surface area contributed by atoms with E-state index in [1.54, 1.807) is 0 Å². The van der Waals surface area contributed by atoms with Crippen molar-refractivity contribution in [3.8, 4) is 11.8 Å². The molecular weight excluding hydrogens is 318 g/mol. The second-order valence-electron chi connectivity index (χ2n) is 6.27. The fraction of sp³-hybridized carbons (Fsp3) is 0.350. The lowest BCUT2D eigenvalue weighted by atomic mass is 10.0. The highest BCUT2D eigenvalue weighted by Crippen LogP contribution is 2.16. The quantitative estimate of drug-likeness (QED) is 0.490. The zero-order valence-electron chi connectivity index (χ0n) is 14.4. The lowest BCUT2D eigenvalue weighted by Gasteiger charge is -2.30. The topological polar surface area (TPSA) is 32.7 Å². The Labute approximate surface area is 149 Å². The second-order valence-corrected chi connectivity index (χ2v) is 6.66. The Hall–Kier alpha value is -1.93. The van der Waals surface area contributed by atoms with Crippen LogP contribution in [0.25, 0.3) is 10.8 Å². The molecule has 126 valence electrons. The summed E-state index contributed by atoms with van der Waals surface area (Å²) in [6.07, 6.45) is 0. The Morgan fingerprint density at radius 1 is 1.21 bits per heavy atom. The van der Waals surface area contributed by atoms with Gasteiger partial charge in [-0.3, -0.25) is 4.90 Å². The van der Waals surface area contributed by atoms with Crippen molar-refractivity contribution in [1.82, 2.24) is 4.90 Å². The summed E-state index contributed by atoms with van der Waals surface area (Å²) in [7, 11) is 1.98. The van der Waals surface area contributed by atoms with E-state index in [9.17, 15) is 0 Å². The monoisotopic (exact) mass is 341 g/mol. The van der Waals surface area contributed by atoms with E-state index in [2.05, 4.69) is 59.3 Å². The Morgan fingerprint density at radius 3 is 2.62 bits per heavy atom. The molecule has 4 heteroatoms. The van der Waals surface area contributed by atoms with Gasteiger partial charge in [0.1, 0.15) is 0 Å². The predicted octanol–water partition coefficient (Wildman–Crippen LogP) is 3.96. The molecule has 1 N–H and O–H groups in total. The van der Waals surface area contributed by atoms with Gasteiger partial charge in [0, 0.05) is 6.54 Å². The van der Waals surface area contributed by atoms with Crippen LogP contribution in [0.3, 0.4) is 0 Å². The smallest absolute Gasteiger partial charge is 0.234 e. The number of hydrogen-bond donors (Lipinski definition) is 1. The van der Waals surface area contributed by atoms with Crippen molar-refractivity contribution in [2.45, 2.75) is 26.0 Å². The molecule has 0 unspecified atom stereocenters. The maximum absolute atomic E-state index is 9.03. The molecule has 0 aliphatic heterocycles. The summed E-state index contributed by atoms with van der Waals surface area (Å²) >= 11 is 4.58. The van der Waals surface area contributed by atoms with Crippen molar-refractivity contribution in [3.05, 3.63) is 48.0 Å². The minimum absolute atomic E-state index is 0.274. The molecule has 2 aromatic rings. The van der Waals surface area contributed by atoms with E-state index in [0.717, 1.165) is 6.54 Å². The second kappa shape index (κ2) is 8.25. The average molecular weight is 341 g/mol. The number of hydrogen-bond acceptors (Lipinski definition) is 3. The van der Waals surface area contributed by atoms with Crippen molar-refractivity contribution < 1.29 is 9.84 Å². The Morgan fingerprint density at radius 2 is 1.92 bits per heavy atom. The molecule has 2 rings (SSSR count). The van der Waals surface area contributed by atoms with E-state index < -0.39 is 0 Å². The third kappa shape index (κ3) is 5.31. The lowest BCUT2D eigenvalue weighted by Crippen LogP contribution is -2.41. The number of fused-ring (bicyclic) bond motifs is 1. The first-order chi connectivity index (χ1) is 11.4. The van der Waals surface area contributed by atoms with Crippen molar-refractivity contribution in [3.63, 3.8) is 0 Å². The van der Waals surface area contributed by atoms with Crippen molar-refractivity contribution in [2.75, 3.05) is 20.2 Å². The molecule has 0 amide bonds. The van der Waals surface area contributed by atoms with Gasteiger partial charge in [-0.05, 0) is 61.4 Å². The van der Waals surface area contributed by atoms with Crippen molar-refractivity contribution in [2.24, 2.45) is 0 Å². The summed E-state index contributed by atoms with van der Waals surface area (Å²) < 4.78 is 5.80. The maximum Gasteiger partial charge on any atom is 0.234 e. The summed E-state index contributed by atoms with van der Waals surface area (Å²) in [5.41, 5.74) is 0.792. The van der Waals surface area contributed by atoms with Crippen LogP contribution in [0.1, 0.15) is 19.4 Å². The highest BCUT2D eigenvalue weighted by molar-refractivity contribution is 7.80. The molecule has 0 spiro atoms. The minimum Gasteiger partial charge on any atom is -0.493 e. The molecule has 0 aliphatic carbocycles. The lowest BCUT2D eigenvalue weighted by molar-refractivity contribution is 0.0816. The number of aliphatic hydroxyl groups excluding tert-OH is 1. The van der Waals surface area contributed by atoms with Crippen LogP contribution in [0.5, 0.6) is 0 Å². The number of aliphatic hydroxyl groups is 1. The Bertz CT molecular complexity index is 774. The van der Waals surface area contributed by atoms with Gasteiger partial charge in [0.25, 0.3) is 0 Å². The summed E-state index contributed by atoms with van der Waals surface area (Å²) in [6, 6.07) is 14.7. The first kappa shape index (κ1) is 18.4. The highest BCUT2D eigenvalue weighted by Gasteiger charge is 2.20. The van der Waals surface area contributed by atoms with Crippen LogP contribution in [0, 0.1) is 11.8 Å². The van der Waals surface area contributed by atoms with Gasteiger partial charge in [-0.25, -0.2) is 0 Å². The zero-order chi connectivity index (χ0) is 17.6. The van der Waals surface area contributed by atoms with Gasteiger partial charge < -0.3 is 9.84 Å². The first-order valence-electron chi connectivity index (χ1n) is 7.91. The van der Waals surface area contributed by atoms with Gasteiger partial charge in [0.15, 0.2) is 0 Å². The molecule has 0 atom stereocenters. The number of likely N-dealkylation sites (N-methyl/N-ethyl adjacent to an activating group) is 1. The van der Waals surface area contributed by atoms with Crippen LogP contribution in [0.15, 0.2) is 42.5 Å². The summed E-state index contributed by atoms with van der Waals surface area (Å²) in [6.45, 7) is 5.92. The number of rotatable bonds is 6. The molecule has 0 fully saturated rings. The normalized spacial score (nSPS) is 11.3. The van der Waals surface area contributed by atoms with Crippen LogP contribution >= 0.6 is 12.2 Å². The van der Waals surface area contributed by atoms with Gasteiger partial charge >= 0.3 is 0 Å². The van der Waals surface area contributed by atoms with Crippen LogP contribution in [-0.2, 0) is 11.3 Å². The average Bonchev–Trinajstić information content (AvgIpc) is 2.56. The molecule has 0 bridgehead atoms. The molecule has 0 saturated carbocycles. The van der Waals surface area contributed by atoms with Crippen molar-refractivity contribution >= 4 is 28.0 Å². The predicted molar refractivity (Wildman–Crippen MR) is 103 cm³/mol. The van der Waals surface area contributed by atoms with E-state index in [1.165, 1.54) is 16.3 Å². The van der Waals surface area contributed by atoms with E-state index in [0.29, 0.717) is 13.2 Å².